The van der Waals surface area contributed by atoms with Crippen LogP contribution in [0.5, 0.6) is 0 Å². The van der Waals surface area contributed by atoms with Crippen molar-refractivity contribution in [2.75, 3.05) is 0 Å². The number of rotatable bonds is 2. The number of hydrogen-bond donors (Lipinski definition) is 2. The zero-order chi connectivity index (χ0) is 10.0. The summed E-state index contributed by atoms with van der Waals surface area (Å²) in [6.07, 6.45) is -0.976. The Hall–Kier alpha value is -0.450. The molecule has 0 aliphatic carbocycles. The van der Waals surface area contributed by atoms with Crippen molar-refractivity contribution in [3.63, 3.8) is 0 Å². The topological polar surface area (TPSA) is 46.2 Å². The van der Waals surface area contributed by atoms with Gasteiger partial charge in [-0.1, -0.05) is 22.0 Å². The lowest BCUT2D eigenvalue weighted by Crippen LogP contribution is -2.25. The summed E-state index contributed by atoms with van der Waals surface area (Å²) < 4.78 is 13.8. The highest BCUT2D eigenvalue weighted by Crippen LogP contribution is 2.27. The second-order valence-electron chi connectivity index (χ2n) is 2.94. The van der Waals surface area contributed by atoms with Gasteiger partial charge in [-0.05, 0) is 19.1 Å². The van der Waals surface area contributed by atoms with Gasteiger partial charge < -0.3 is 10.8 Å². The lowest BCUT2D eigenvalue weighted by atomic mass is 10.0. The molecule has 4 heteroatoms. The predicted octanol–water partition coefficient (Wildman–Crippen LogP) is 1.97. The van der Waals surface area contributed by atoms with Gasteiger partial charge in [0.05, 0.1) is 6.10 Å². The maximum Gasteiger partial charge on any atom is 0.130 e. The molecule has 0 spiro atoms. The van der Waals surface area contributed by atoms with Gasteiger partial charge in [0.15, 0.2) is 0 Å². The second-order valence-corrected chi connectivity index (χ2v) is 3.79. The van der Waals surface area contributed by atoms with E-state index in [-0.39, 0.29) is 5.56 Å². The first kappa shape index (κ1) is 10.6. The van der Waals surface area contributed by atoms with E-state index in [1.165, 1.54) is 6.07 Å². The molecule has 0 saturated carbocycles. The molecule has 1 rings (SSSR count). The number of halogens is 2. The SMILES string of the molecule is CC(N)C(O)c1c(F)cccc1Br. The molecule has 3 N–H and O–H groups in total. The summed E-state index contributed by atoms with van der Waals surface area (Å²) >= 11 is 3.16. The van der Waals surface area contributed by atoms with Crippen LogP contribution in [0.15, 0.2) is 22.7 Å². The third-order valence-electron chi connectivity index (χ3n) is 1.79. The summed E-state index contributed by atoms with van der Waals surface area (Å²) in [5.74, 6) is -0.445. The normalized spacial score (nSPS) is 15.5. The fraction of sp³-hybridized carbons (Fsp3) is 0.333. The smallest absolute Gasteiger partial charge is 0.130 e. The molecule has 1 aromatic carbocycles. The molecule has 2 nitrogen and oxygen atoms in total. The summed E-state index contributed by atoms with van der Waals surface area (Å²) in [5, 5.41) is 9.56. The van der Waals surface area contributed by atoms with Gasteiger partial charge >= 0.3 is 0 Å². The van der Waals surface area contributed by atoms with Crippen molar-refractivity contribution in [3.05, 3.63) is 34.1 Å². The van der Waals surface area contributed by atoms with Crippen molar-refractivity contribution >= 4 is 15.9 Å². The highest BCUT2D eigenvalue weighted by molar-refractivity contribution is 9.10. The van der Waals surface area contributed by atoms with Gasteiger partial charge in [-0.2, -0.15) is 0 Å². The summed E-state index contributed by atoms with van der Waals surface area (Å²) in [6, 6.07) is 4.04. The van der Waals surface area contributed by atoms with Crippen LogP contribution in [-0.4, -0.2) is 11.1 Å². The fourth-order valence-corrected chi connectivity index (χ4v) is 1.63. The molecule has 0 fully saturated rings. The monoisotopic (exact) mass is 247 g/mol. The van der Waals surface area contributed by atoms with Crippen LogP contribution >= 0.6 is 15.9 Å². The Morgan fingerprint density at radius 2 is 2.15 bits per heavy atom. The van der Waals surface area contributed by atoms with E-state index in [9.17, 15) is 9.50 Å². The van der Waals surface area contributed by atoms with Crippen LogP contribution in [0, 0.1) is 5.82 Å². The van der Waals surface area contributed by atoms with Crippen LogP contribution < -0.4 is 5.73 Å². The molecule has 1 aromatic rings. The Kier molecular flexibility index (Phi) is 3.41. The molecule has 0 amide bonds. The van der Waals surface area contributed by atoms with Gasteiger partial charge in [0.2, 0.25) is 0 Å². The van der Waals surface area contributed by atoms with E-state index >= 15 is 0 Å². The zero-order valence-corrected chi connectivity index (χ0v) is 8.75. The maximum absolute atomic E-state index is 13.2. The second kappa shape index (κ2) is 4.17. The first-order valence-electron chi connectivity index (χ1n) is 3.91. The van der Waals surface area contributed by atoms with Crippen molar-refractivity contribution in [2.45, 2.75) is 19.1 Å². The van der Waals surface area contributed by atoms with E-state index in [4.69, 9.17) is 5.73 Å². The van der Waals surface area contributed by atoms with Crippen molar-refractivity contribution in [1.82, 2.24) is 0 Å². The van der Waals surface area contributed by atoms with Crippen LogP contribution in [0.4, 0.5) is 4.39 Å². The third-order valence-corrected chi connectivity index (χ3v) is 2.49. The first-order chi connectivity index (χ1) is 6.04. The molecule has 13 heavy (non-hydrogen) atoms. The summed E-state index contributed by atoms with van der Waals surface area (Å²) in [7, 11) is 0. The van der Waals surface area contributed by atoms with Crippen LogP contribution in [0.3, 0.4) is 0 Å². The number of aliphatic hydroxyl groups is 1. The summed E-state index contributed by atoms with van der Waals surface area (Å²) in [4.78, 5) is 0. The molecular weight excluding hydrogens is 237 g/mol. The lowest BCUT2D eigenvalue weighted by molar-refractivity contribution is 0.148. The van der Waals surface area contributed by atoms with Gasteiger partial charge in [-0.3, -0.25) is 0 Å². The van der Waals surface area contributed by atoms with Gasteiger partial charge in [-0.25, -0.2) is 4.39 Å². The van der Waals surface area contributed by atoms with E-state index in [0.29, 0.717) is 4.47 Å². The van der Waals surface area contributed by atoms with Gasteiger partial charge in [0.25, 0.3) is 0 Å². The van der Waals surface area contributed by atoms with Crippen LogP contribution in [0.2, 0.25) is 0 Å². The number of aliphatic hydroxyl groups excluding tert-OH is 1. The largest absolute Gasteiger partial charge is 0.387 e. The zero-order valence-electron chi connectivity index (χ0n) is 7.17. The minimum atomic E-state index is -0.976. The molecule has 0 saturated heterocycles. The lowest BCUT2D eigenvalue weighted by Gasteiger charge is -2.16. The van der Waals surface area contributed by atoms with Crippen molar-refractivity contribution in [2.24, 2.45) is 5.73 Å². The molecule has 2 atom stereocenters. The minimum absolute atomic E-state index is 0.220. The van der Waals surface area contributed by atoms with Crippen molar-refractivity contribution < 1.29 is 9.50 Å². The van der Waals surface area contributed by atoms with E-state index in [2.05, 4.69) is 15.9 Å². The Morgan fingerprint density at radius 3 is 2.62 bits per heavy atom. The Labute approximate surface area is 84.7 Å². The van der Waals surface area contributed by atoms with Crippen LogP contribution in [0.25, 0.3) is 0 Å². The molecule has 0 aliphatic heterocycles. The highest BCUT2D eigenvalue weighted by atomic mass is 79.9. The van der Waals surface area contributed by atoms with E-state index in [0.717, 1.165) is 0 Å². The number of benzene rings is 1. The van der Waals surface area contributed by atoms with E-state index in [1.54, 1.807) is 19.1 Å². The summed E-state index contributed by atoms with van der Waals surface area (Å²) in [6.45, 7) is 1.63. The van der Waals surface area contributed by atoms with Gasteiger partial charge in [-0.15, -0.1) is 0 Å². The molecule has 0 aliphatic rings. The van der Waals surface area contributed by atoms with Gasteiger partial charge in [0, 0.05) is 16.1 Å². The van der Waals surface area contributed by atoms with Crippen LogP contribution in [0.1, 0.15) is 18.6 Å². The van der Waals surface area contributed by atoms with E-state index in [1.807, 2.05) is 0 Å². The number of hydrogen-bond acceptors (Lipinski definition) is 2. The maximum atomic E-state index is 13.2. The van der Waals surface area contributed by atoms with Crippen molar-refractivity contribution in [1.29, 1.82) is 0 Å². The standard InChI is InChI=1S/C9H11BrFNO/c1-5(12)9(13)8-6(10)3-2-4-7(8)11/h2-5,9,13H,12H2,1H3. The van der Waals surface area contributed by atoms with Gasteiger partial charge in [0.1, 0.15) is 5.82 Å². The Morgan fingerprint density at radius 1 is 1.54 bits per heavy atom. The Balaban J connectivity index is 3.12. The predicted molar refractivity (Wildman–Crippen MR) is 52.7 cm³/mol. The first-order valence-corrected chi connectivity index (χ1v) is 4.71. The third kappa shape index (κ3) is 2.27. The molecule has 0 radical (unpaired) electrons. The number of nitrogens with two attached hydrogens (primary N) is 1. The molecular formula is C9H11BrFNO. The Bertz CT molecular complexity index is 283. The van der Waals surface area contributed by atoms with E-state index < -0.39 is 18.0 Å². The quantitative estimate of drug-likeness (QED) is 0.840. The molecule has 0 aromatic heterocycles. The molecule has 72 valence electrons. The van der Waals surface area contributed by atoms with Crippen molar-refractivity contribution in [3.8, 4) is 0 Å². The van der Waals surface area contributed by atoms with Crippen LogP contribution in [-0.2, 0) is 0 Å². The fourth-order valence-electron chi connectivity index (χ4n) is 1.06. The highest BCUT2D eigenvalue weighted by Gasteiger charge is 2.19. The summed E-state index contributed by atoms with van der Waals surface area (Å²) in [5.41, 5.74) is 5.69. The average molecular weight is 248 g/mol. The minimum Gasteiger partial charge on any atom is -0.387 e. The molecule has 0 heterocycles. The molecule has 2 unspecified atom stereocenters. The molecule has 0 bridgehead atoms. The average Bonchev–Trinajstić information content (AvgIpc) is 2.03.